The van der Waals surface area contributed by atoms with Crippen molar-refractivity contribution < 1.29 is 14.3 Å². The minimum atomic E-state index is -0.564. The molecule has 6 heteroatoms. The van der Waals surface area contributed by atoms with Crippen molar-refractivity contribution >= 4 is 40.8 Å². The summed E-state index contributed by atoms with van der Waals surface area (Å²) in [6.45, 7) is 3.90. The Balaban J connectivity index is 1.68. The molecule has 3 rings (SSSR count). The van der Waals surface area contributed by atoms with Crippen LogP contribution in [0.25, 0.3) is 0 Å². The van der Waals surface area contributed by atoms with E-state index in [0.29, 0.717) is 16.3 Å². The number of hydrogen-bond acceptors (Lipinski definition) is 3. The van der Waals surface area contributed by atoms with E-state index in [1.807, 2.05) is 32.0 Å². The van der Waals surface area contributed by atoms with Crippen LogP contribution in [-0.2, 0) is 0 Å². The van der Waals surface area contributed by atoms with Crippen LogP contribution in [0.4, 0.5) is 5.69 Å². The van der Waals surface area contributed by atoms with E-state index in [2.05, 4.69) is 5.32 Å². The van der Waals surface area contributed by atoms with Crippen LogP contribution in [0.15, 0.2) is 60.7 Å². The molecule has 142 valence electrons. The van der Waals surface area contributed by atoms with Gasteiger partial charge in [0.05, 0.1) is 15.6 Å². The first-order valence-electron chi connectivity index (χ1n) is 8.49. The van der Waals surface area contributed by atoms with E-state index in [1.165, 1.54) is 18.2 Å². The number of nitrogens with one attached hydrogen (secondary N) is 1. The van der Waals surface area contributed by atoms with Crippen LogP contribution in [0, 0.1) is 13.8 Å². The summed E-state index contributed by atoms with van der Waals surface area (Å²) < 4.78 is 5.31. The quantitative estimate of drug-likeness (QED) is 0.416. The van der Waals surface area contributed by atoms with Crippen LogP contribution >= 0.6 is 23.2 Å². The van der Waals surface area contributed by atoms with Gasteiger partial charge in [0.1, 0.15) is 5.75 Å². The first kappa shape index (κ1) is 19.9. The molecule has 0 fully saturated rings. The maximum Gasteiger partial charge on any atom is 0.343 e. The molecule has 0 saturated carbocycles. The summed E-state index contributed by atoms with van der Waals surface area (Å²) in [7, 11) is 0. The molecule has 4 nitrogen and oxygen atoms in total. The minimum Gasteiger partial charge on any atom is -0.423 e. The van der Waals surface area contributed by atoms with Crippen molar-refractivity contribution in [3.8, 4) is 5.75 Å². The van der Waals surface area contributed by atoms with Crippen LogP contribution in [-0.4, -0.2) is 11.9 Å². The van der Waals surface area contributed by atoms with Gasteiger partial charge in [-0.15, -0.1) is 0 Å². The van der Waals surface area contributed by atoms with Gasteiger partial charge in [-0.25, -0.2) is 4.79 Å². The minimum absolute atomic E-state index is 0.240. The standard InChI is InChI=1S/C22H17Cl2NO3/c1-13-3-4-14(2)20(11-13)25-21(26)15-5-8-17(9-6-15)28-22(27)16-7-10-18(23)19(24)12-16/h3-12H,1-2H3,(H,25,26). The number of carbonyl (C=O) groups is 2. The largest absolute Gasteiger partial charge is 0.423 e. The second-order valence-corrected chi connectivity index (χ2v) is 7.13. The van der Waals surface area contributed by atoms with Crippen LogP contribution in [0.1, 0.15) is 31.8 Å². The first-order chi connectivity index (χ1) is 13.3. The van der Waals surface area contributed by atoms with Crippen molar-refractivity contribution in [2.75, 3.05) is 5.32 Å². The average molecular weight is 414 g/mol. The molecule has 0 aliphatic carbocycles. The number of esters is 1. The summed E-state index contributed by atoms with van der Waals surface area (Å²) in [6.07, 6.45) is 0. The Kier molecular flexibility index (Phi) is 6.02. The molecule has 0 radical (unpaired) electrons. The molecule has 0 bridgehead atoms. The molecule has 0 aliphatic rings. The fraction of sp³-hybridized carbons (Fsp3) is 0.0909. The summed E-state index contributed by atoms with van der Waals surface area (Å²) in [5.41, 5.74) is 3.54. The molecule has 0 aromatic heterocycles. The van der Waals surface area contributed by atoms with Gasteiger partial charge in [-0.1, -0.05) is 35.3 Å². The topological polar surface area (TPSA) is 55.4 Å². The molecule has 1 N–H and O–H groups in total. The maximum absolute atomic E-state index is 12.5. The van der Waals surface area contributed by atoms with Gasteiger partial charge in [0, 0.05) is 11.3 Å². The highest BCUT2D eigenvalue weighted by Crippen LogP contribution is 2.24. The predicted octanol–water partition coefficient (Wildman–Crippen LogP) is 6.08. The van der Waals surface area contributed by atoms with Crippen molar-refractivity contribution in [3.63, 3.8) is 0 Å². The fourth-order valence-corrected chi connectivity index (χ4v) is 2.83. The Bertz CT molecular complexity index is 1050. The molecule has 0 atom stereocenters. The van der Waals surface area contributed by atoms with E-state index in [4.69, 9.17) is 27.9 Å². The van der Waals surface area contributed by atoms with Crippen molar-refractivity contribution in [3.05, 3.63) is 93.0 Å². The summed E-state index contributed by atoms with van der Waals surface area (Å²) in [5.74, 6) is -0.485. The maximum atomic E-state index is 12.5. The van der Waals surface area contributed by atoms with Gasteiger partial charge >= 0.3 is 5.97 Å². The zero-order valence-electron chi connectivity index (χ0n) is 15.3. The highest BCUT2D eigenvalue weighted by Gasteiger charge is 2.12. The molecule has 3 aromatic carbocycles. The van der Waals surface area contributed by atoms with Crippen LogP contribution in [0.3, 0.4) is 0 Å². The summed E-state index contributed by atoms with van der Waals surface area (Å²) in [5, 5.41) is 3.52. The lowest BCUT2D eigenvalue weighted by molar-refractivity contribution is 0.0734. The molecule has 0 saturated heterocycles. The smallest absolute Gasteiger partial charge is 0.343 e. The lowest BCUT2D eigenvalue weighted by atomic mass is 10.1. The van der Waals surface area contributed by atoms with Crippen molar-refractivity contribution in [1.82, 2.24) is 0 Å². The van der Waals surface area contributed by atoms with E-state index in [0.717, 1.165) is 16.8 Å². The van der Waals surface area contributed by atoms with Crippen molar-refractivity contribution in [1.29, 1.82) is 0 Å². The number of anilines is 1. The number of halogens is 2. The lowest BCUT2D eigenvalue weighted by Gasteiger charge is -2.10. The van der Waals surface area contributed by atoms with Crippen LogP contribution in [0.2, 0.25) is 10.0 Å². The van der Waals surface area contributed by atoms with E-state index >= 15 is 0 Å². The number of rotatable bonds is 4. The molecule has 28 heavy (non-hydrogen) atoms. The van der Waals surface area contributed by atoms with Crippen molar-refractivity contribution in [2.45, 2.75) is 13.8 Å². The Morgan fingerprint density at radius 1 is 0.821 bits per heavy atom. The third-order valence-corrected chi connectivity index (χ3v) is 4.86. The number of carbonyl (C=O) groups excluding carboxylic acids is 2. The molecule has 0 spiro atoms. The van der Waals surface area contributed by atoms with Gasteiger partial charge in [-0.05, 0) is 73.5 Å². The summed E-state index contributed by atoms with van der Waals surface area (Å²) in [4.78, 5) is 24.7. The average Bonchev–Trinajstić information content (AvgIpc) is 2.67. The van der Waals surface area contributed by atoms with E-state index < -0.39 is 5.97 Å². The van der Waals surface area contributed by atoms with E-state index in [1.54, 1.807) is 24.3 Å². The van der Waals surface area contributed by atoms with Gasteiger partial charge in [0.2, 0.25) is 0 Å². The zero-order valence-corrected chi connectivity index (χ0v) is 16.8. The Morgan fingerprint density at radius 3 is 2.18 bits per heavy atom. The molecule has 0 unspecified atom stereocenters. The highest BCUT2D eigenvalue weighted by atomic mass is 35.5. The molecule has 3 aromatic rings. The van der Waals surface area contributed by atoms with Gasteiger partial charge in [0.25, 0.3) is 5.91 Å². The third kappa shape index (κ3) is 4.71. The van der Waals surface area contributed by atoms with Gasteiger partial charge in [0.15, 0.2) is 0 Å². The van der Waals surface area contributed by atoms with Crippen molar-refractivity contribution in [2.24, 2.45) is 0 Å². The molecule has 1 amide bonds. The van der Waals surface area contributed by atoms with E-state index in [-0.39, 0.29) is 16.5 Å². The molecular weight excluding hydrogens is 397 g/mol. The third-order valence-electron chi connectivity index (χ3n) is 4.12. The molecule has 0 aliphatic heterocycles. The fourth-order valence-electron chi connectivity index (χ4n) is 2.53. The first-order valence-corrected chi connectivity index (χ1v) is 9.25. The number of aryl methyl sites for hydroxylation is 2. The number of amides is 1. The summed E-state index contributed by atoms with van der Waals surface area (Å²) >= 11 is 11.8. The molecule has 0 heterocycles. The number of benzene rings is 3. The lowest BCUT2D eigenvalue weighted by Crippen LogP contribution is -2.13. The second-order valence-electron chi connectivity index (χ2n) is 6.32. The predicted molar refractivity (Wildman–Crippen MR) is 112 cm³/mol. The SMILES string of the molecule is Cc1ccc(C)c(NC(=O)c2ccc(OC(=O)c3ccc(Cl)c(Cl)c3)cc2)c1. The molecular formula is C22H17Cl2NO3. The van der Waals surface area contributed by atoms with Crippen LogP contribution < -0.4 is 10.1 Å². The Hall–Kier alpha value is -2.82. The monoisotopic (exact) mass is 413 g/mol. The zero-order chi connectivity index (χ0) is 20.3. The second kappa shape index (κ2) is 8.46. The van der Waals surface area contributed by atoms with Gasteiger partial charge < -0.3 is 10.1 Å². The van der Waals surface area contributed by atoms with Gasteiger partial charge in [-0.3, -0.25) is 4.79 Å². The highest BCUT2D eigenvalue weighted by molar-refractivity contribution is 6.42. The van der Waals surface area contributed by atoms with Crippen LogP contribution in [0.5, 0.6) is 5.75 Å². The Labute approximate surface area is 173 Å². The van der Waals surface area contributed by atoms with Gasteiger partial charge in [-0.2, -0.15) is 0 Å². The Morgan fingerprint density at radius 2 is 1.50 bits per heavy atom. The number of ether oxygens (including phenoxy) is 1. The van der Waals surface area contributed by atoms with E-state index in [9.17, 15) is 9.59 Å². The number of hydrogen-bond donors (Lipinski definition) is 1. The normalized spacial score (nSPS) is 10.4. The summed E-state index contributed by atoms with van der Waals surface area (Å²) in [6, 6.07) is 16.7.